The molecule has 1 aromatic carbocycles. The summed E-state index contributed by atoms with van der Waals surface area (Å²) in [5.74, 6) is 0.149. The molecule has 0 bridgehead atoms. The zero-order valence-corrected chi connectivity index (χ0v) is 7.92. The summed E-state index contributed by atoms with van der Waals surface area (Å²) in [5.41, 5.74) is 0.803. The van der Waals surface area contributed by atoms with Crippen LogP contribution < -0.4 is 5.30 Å². The second-order valence-corrected chi connectivity index (χ2v) is 3.52. The van der Waals surface area contributed by atoms with Crippen LogP contribution >= 0.6 is 9.24 Å². The van der Waals surface area contributed by atoms with Gasteiger partial charge in [0.1, 0.15) is 5.82 Å². The van der Waals surface area contributed by atoms with Crippen molar-refractivity contribution in [3.05, 3.63) is 29.6 Å². The van der Waals surface area contributed by atoms with Crippen molar-refractivity contribution in [2.75, 3.05) is 0 Å². The van der Waals surface area contributed by atoms with E-state index in [9.17, 15) is 4.39 Å². The number of halogens is 1. The van der Waals surface area contributed by atoms with Gasteiger partial charge in [0.05, 0.1) is 0 Å². The molecule has 0 heterocycles. The highest BCUT2D eigenvalue weighted by atomic mass is 31.0. The number of hydrogen-bond donors (Lipinski definition) is 0. The minimum atomic E-state index is -0.104. The Kier molecular flexibility index (Phi) is 2.62. The van der Waals surface area contributed by atoms with E-state index in [1.807, 2.05) is 19.9 Å². The van der Waals surface area contributed by atoms with Crippen LogP contribution in [0.3, 0.4) is 0 Å². The van der Waals surface area contributed by atoms with E-state index in [2.05, 4.69) is 9.24 Å². The van der Waals surface area contributed by atoms with E-state index >= 15 is 0 Å². The van der Waals surface area contributed by atoms with Gasteiger partial charge in [-0.25, -0.2) is 4.39 Å². The summed E-state index contributed by atoms with van der Waals surface area (Å²) in [7, 11) is 2.55. The van der Waals surface area contributed by atoms with Gasteiger partial charge in [0.15, 0.2) is 0 Å². The van der Waals surface area contributed by atoms with Crippen LogP contribution in [0.25, 0.3) is 0 Å². The molecule has 11 heavy (non-hydrogen) atoms. The van der Waals surface area contributed by atoms with Crippen molar-refractivity contribution in [1.29, 1.82) is 0 Å². The van der Waals surface area contributed by atoms with Crippen LogP contribution in [0, 0.1) is 5.82 Å². The Hall–Kier alpha value is -0.420. The van der Waals surface area contributed by atoms with Crippen molar-refractivity contribution in [3.8, 4) is 0 Å². The summed E-state index contributed by atoms with van der Waals surface area (Å²) in [6, 6.07) is 5.13. The molecule has 0 aliphatic heterocycles. The Morgan fingerprint density at radius 1 is 1.36 bits per heavy atom. The minimum Gasteiger partial charge on any atom is -0.207 e. The second kappa shape index (κ2) is 3.32. The van der Waals surface area contributed by atoms with Crippen LogP contribution in [0.1, 0.15) is 25.3 Å². The number of rotatable bonds is 1. The highest BCUT2D eigenvalue weighted by molar-refractivity contribution is 7.27. The van der Waals surface area contributed by atoms with Crippen LogP contribution in [0.4, 0.5) is 4.39 Å². The molecular weight excluding hydrogens is 158 g/mol. The molecule has 0 amide bonds. The fourth-order valence-electron chi connectivity index (χ4n) is 1.16. The van der Waals surface area contributed by atoms with Gasteiger partial charge in [-0.15, -0.1) is 9.24 Å². The van der Waals surface area contributed by atoms with E-state index < -0.39 is 0 Å². The molecule has 0 saturated carbocycles. The fraction of sp³-hybridized carbons (Fsp3) is 0.333. The predicted molar refractivity (Wildman–Crippen MR) is 49.8 cm³/mol. The van der Waals surface area contributed by atoms with Gasteiger partial charge >= 0.3 is 0 Å². The first-order valence-corrected chi connectivity index (χ1v) is 4.24. The van der Waals surface area contributed by atoms with Gasteiger partial charge in [0.25, 0.3) is 0 Å². The Morgan fingerprint density at radius 3 is 2.36 bits per heavy atom. The summed E-state index contributed by atoms with van der Waals surface area (Å²) in [6.45, 7) is 3.98. The van der Waals surface area contributed by atoms with E-state index in [0.717, 1.165) is 10.9 Å². The maximum absolute atomic E-state index is 13.1. The van der Waals surface area contributed by atoms with E-state index in [0.29, 0.717) is 0 Å². The summed E-state index contributed by atoms with van der Waals surface area (Å²) < 4.78 is 13.1. The van der Waals surface area contributed by atoms with Gasteiger partial charge in [-0.05, 0) is 22.9 Å². The van der Waals surface area contributed by atoms with Gasteiger partial charge in [-0.2, -0.15) is 0 Å². The normalized spacial score (nSPS) is 10.6. The highest BCUT2D eigenvalue weighted by Gasteiger charge is 2.07. The lowest BCUT2D eigenvalue weighted by atomic mass is 10.0. The second-order valence-electron chi connectivity index (χ2n) is 2.90. The quantitative estimate of drug-likeness (QED) is 0.568. The van der Waals surface area contributed by atoms with Crippen LogP contribution in [-0.2, 0) is 0 Å². The summed E-state index contributed by atoms with van der Waals surface area (Å²) in [6.07, 6.45) is 0. The maximum Gasteiger partial charge on any atom is 0.127 e. The molecular formula is C9H12FP. The van der Waals surface area contributed by atoms with Crippen molar-refractivity contribution in [2.45, 2.75) is 19.8 Å². The van der Waals surface area contributed by atoms with E-state index in [4.69, 9.17) is 0 Å². The molecule has 0 aromatic heterocycles. The van der Waals surface area contributed by atoms with Crippen LogP contribution in [0.5, 0.6) is 0 Å². The van der Waals surface area contributed by atoms with Gasteiger partial charge in [0, 0.05) is 0 Å². The Morgan fingerprint density at radius 2 is 2.00 bits per heavy atom. The zero-order chi connectivity index (χ0) is 8.43. The van der Waals surface area contributed by atoms with Gasteiger partial charge in [-0.1, -0.05) is 26.0 Å². The van der Waals surface area contributed by atoms with E-state index in [1.165, 1.54) is 6.07 Å². The average Bonchev–Trinajstić information content (AvgIpc) is 1.85. The molecule has 0 fully saturated rings. The van der Waals surface area contributed by atoms with Crippen LogP contribution in [-0.4, -0.2) is 0 Å². The third-order valence-electron chi connectivity index (χ3n) is 1.66. The van der Waals surface area contributed by atoms with Gasteiger partial charge in [-0.3, -0.25) is 0 Å². The fourth-order valence-corrected chi connectivity index (χ4v) is 1.75. The Balaban J connectivity index is 3.21. The lowest BCUT2D eigenvalue weighted by Crippen LogP contribution is -2.06. The molecule has 1 unspecified atom stereocenters. The molecule has 0 nitrogen and oxygen atoms in total. The summed E-state index contributed by atoms with van der Waals surface area (Å²) in [5, 5.41) is 0.958. The van der Waals surface area contributed by atoms with Crippen molar-refractivity contribution in [3.63, 3.8) is 0 Å². The standard InChI is InChI=1S/C9H12FP/c1-6(2)9-7(10)4-3-5-8(9)11/h3-6H,11H2,1-2H3. The third kappa shape index (κ3) is 1.78. The number of hydrogen-bond acceptors (Lipinski definition) is 0. The molecule has 0 aliphatic rings. The van der Waals surface area contributed by atoms with Crippen molar-refractivity contribution < 1.29 is 4.39 Å². The largest absolute Gasteiger partial charge is 0.207 e. The predicted octanol–water partition coefficient (Wildman–Crippen LogP) is 2.45. The molecule has 0 aliphatic carbocycles. The van der Waals surface area contributed by atoms with Gasteiger partial charge < -0.3 is 0 Å². The molecule has 0 radical (unpaired) electrons. The minimum absolute atomic E-state index is 0.104. The Labute approximate surface area is 69.0 Å². The van der Waals surface area contributed by atoms with Crippen molar-refractivity contribution >= 4 is 14.5 Å². The van der Waals surface area contributed by atoms with Gasteiger partial charge in [0.2, 0.25) is 0 Å². The van der Waals surface area contributed by atoms with E-state index in [1.54, 1.807) is 6.07 Å². The molecule has 1 rings (SSSR count). The molecule has 0 N–H and O–H groups in total. The molecule has 2 heteroatoms. The average molecular weight is 170 g/mol. The first-order chi connectivity index (χ1) is 5.13. The maximum atomic E-state index is 13.1. The van der Waals surface area contributed by atoms with Crippen molar-refractivity contribution in [1.82, 2.24) is 0 Å². The van der Waals surface area contributed by atoms with Crippen molar-refractivity contribution in [2.24, 2.45) is 0 Å². The molecule has 1 aromatic rings. The number of benzene rings is 1. The molecule has 60 valence electrons. The summed E-state index contributed by atoms with van der Waals surface area (Å²) in [4.78, 5) is 0. The first-order valence-electron chi connectivity index (χ1n) is 3.67. The topological polar surface area (TPSA) is 0 Å². The highest BCUT2D eigenvalue weighted by Crippen LogP contribution is 2.17. The lowest BCUT2D eigenvalue weighted by Gasteiger charge is -2.09. The molecule has 1 atom stereocenters. The molecule has 0 spiro atoms. The van der Waals surface area contributed by atoms with E-state index in [-0.39, 0.29) is 11.7 Å². The van der Waals surface area contributed by atoms with Crippen LogP contribution in [0.15, 0.2) is 18.2 Å². The smallest absolute Gasteiger partial charge is 0.127 e. The third-order valence-corrected chi connectivity index (χ3v) is 2.17. The molecule has 0 saturated heterocycles. The Bertz CT molecular complexity index is 235. The monoisotopic (exact) mass is 170 g/mol. The van der Waals surface area contributed by atoms with Crippen LogP contribution in [0.2, 0.25) is 0 Å². The first kappa shape index (κ1) is 8.67. The SMILES string of the molecule is CC(C)c1c(F)cccc1P. The summed E-state index contributed by atoms with van der Waals surface area (Å²) >= 11 is 0. The lowest BCUT2D eigenvalue weighted by molar-refractivity contribution is 0.601. The zero-order valence-electron chi connectivity index (χ0n) is 6.76.